The molecule has 138 valence electrons. The lowest BCUT2D eigenvalue weighted by atomic mass is 10.1. The topological polar surface area (TPSA) is 60.2 Å². The zero-order valence-corrected chi connectivity index (χ0v) is 16.6. The fourth-order valence-corrected chi connectivity index (χ4v) is 4.13. The summed E-state index contributed by atoms with van der Waals surface area (Å²) in [6.07, 6.45) is 3.55. The van der Waals surface area contributed by atoms with Gasteiger partial charge >= 0.3 is 0 Å². The highest BCUT2D eigenvalue weighted by Gasteiger charge is 2.45. The molecule has 2 heterocycles. The van der Waals surface area contributed by atoms with Crippen LogP contribution in [0.4, 0.5) is 5.82 Å². The quantitative estimate of drug-likeness (QED) is 0.755. The molecule has 1 aromatic carbocycles. The van der Waals surface area contributed by atoms with Crippen LogP contribution in [0.2, 0.25) is 0 Å². The molecule has 5 nitrogen and oxygen atoms in total. The van der Waals surface area contributed by atoms with Crippen molar-refractivity contribution in [2.45, 2.75) is 18.8 Å². The Bertz CT molecular complexity index is 876. The van der Waals surface area contributed by atoms with E-state index in [2.05, 4.69) is 44.0 Å². The van der Waals surface area contributed by atoms with Gasteiger partial charge in [0.05, 0.1) is 5.56 Å². The predicted molar refractivity (Wildman–Crippen MR) is 107 cm³/mol. The number of carbonyl (C=O) groups is 1. The van der Waals surface area contributed by atoms with Gasteiger partial charge in [-0.05, 0) is 48.6 Å². The van der Waals surface area contributed by atoms with Crippen LogP contribution in [0.5, 0.6) is 0 Å². The van der Waals surface area contributed by atoms with Crippen LogP contribution in [0.3, 0.4) is 0 Å². The highest BCUT2D eigenvalue weighted by atomic mass is 79.9. The van der Waals surface area contributed by atoms with Gasteiger partial charge in [0.25, 0.3) is 0 Å². The lowest BCUT2D eigenvalue weighted by molar-refractivity contribution is -0.132. The van der Waals surface area contributed by atoms with Crippen LogP contribution >= 0.6 is 15.9 Å². The van der Waals surface area contributed by atoms with E-state index in [-0.39, 0.29) is 11.8 Å². The SMILES string of the molecule is N#Cc1cccnc1N1CCCN(C(=O)C2CC2c2ccc(Br)cc2)CC1. The van der Waals surface area contributed by atoms with Gasteiger partial charge in [-0.2, -0.15) is 5.26 Å². The smallest absolute Gasteiger partial charge is 0.226 e. The number of aromatic nitrogens is 1. The Morgan fingerprint density at radius 2 is 1.96 bits per heavy atom. The molecule has 0 bridgehead atoms. The van der Waals surface area contributed by atoms with Crippen molar-refractivity contribution in [2.24, 2.45) is 5.92 Å². The Morgan fingerprint density at radius 1 is 1.15 bits per heavy atom. The fourth-order valence-electron chi connectivity index (χ4n) is 3.87. The molecule has 1 aromatic heterocycles. The number of pyridine rings is 1. The summed E-state index contributed by atoms with van der Waals surface area (Å²) in [4.78, 5) is 21.5. The van der Waals surface area contributed by atoms with Gasteiger partial charge in [-0.3, -0.25) is 4.79 Å². The first-order valence-corrected chi connectivity index (χ1v) is 10.1. The van der Waals surface area contributed by atoms with Crippen LogP contribution in [-0.2, 0) is 4.79 Å². The molecule has 1 saturated heterocycles. The van der Waals surface area contributed by atoms with E-state index < -0.39 is 0 Å². The van der Waals surface area contributed by atoms with Gasteiger partial charge in [-0.15, -0.1) is 0 Å². The Hall–Kier alpha value is -2.39. The van der Waals surface area contributed by atoms with E-state index in [1.807, 2.05) is 17.0 Å². The summed E-state index contributed by atoms with van der Waals surface area (Å²) in [5.74, 6) is 1.47. The summed E-state index contributed by atoms with van der Waals surface area (Å²) < 4.78 is 1.06. The van der Waals surface area contributed by atoms with Crippen molar-refractivity contribution in [2.75, 3.05) is 31.1 Å². The predicted octanol–water partition coefficient (Wildman–Crippen LogP) is 3.56. The third-order valence-electron chi connectivity index (χ3n) is 5.42. The second kappa shape index (κ2) is 7.69. The van der Waals surface area contributed by atoms with E-state index in [1.54, 1.807) is 18.3 Å². The molecule has 1 amide bonds. The Kier molecular flexibility index (Phi) is 5.13. The van der Waals surface area contributed by atoms with Gasteiger partial charge in [-0.1, -0.05) is 28.1 Å². The average molecular weight is 425 g/mol. The molecule has 2 atom stereocenters. The van der Waals surface area contributed by atoms with Crippen molar-refractivity contribution in [3.63, 3.8) is 0 Å². The van der Waals surface area contributed by atoms with Crippen molar-refractivity contribution in [3.8, 4) is 6.07 Å². The molecule has 2 aromatic rings. The van der Waals surface area contributed by atoms with Crippen molar-refractivity contribution in [3.05, 3.63) is 58.2 Å². The molecule has 2 aliphatic rings. The molecule has 2 unspecified atom stereocenters. The monoisotopic (exact) mass is 424 g/mol. The molecule has 6 heteroatoms. The second-order valence-electron chi connectivity index (χ2n) is 7.15. The number of amides is 1. The van der Waals surface area contributed by atoms with Gasteiger partial charge in [0.15, 0.2) is 0 Å². The van der Waals surface area contributed by atoms with Crippen LogP contribution in [0.25, 0.3) is 0 Å². The number of rotatable bonds is 3. The third kappa shape index (κ3) is 3.84. The minimum atomic E-state index is 0.113. The number of halogens is 1. The third-order valence-corrected chi connectivity index (χ3v) is 5.95. The van der Waals surface area contributed by atoms with Crippen molar-refractivity contribution < 1.29 is 4.79 Å². The number of nitriles is 1. The number of nitrogens with zero attached hydrogens (tertiary/aromatic N) is 4. The molecule has 27 heavy (non-hydrogen) atoms. The van der Waals surface area contributed by atoms with E-state index in [1.165, 1.54) is 5.56 Å². The van der Waals surface area contributed by atoms with Crippen LogP contribution in [-0.4, -0.2) is 42.0 Å². The van der Waals surface area contributed by atoms with Crippen LogP contribution in [0.15, 0.2) is 47.1 Å². The first-order valence-electron chi connectivity index (χ1n) is 9.31. The molecule has 4 rings (SSSR count). The van der Waals surface area contributed by atoms with Gasteiger partial charge in [-0.25, -0.2) is 4.98 Å². The van der Waals surface area contributed by atoms with Gasteiger partial charge < -0.3 is 9.80 Å². The number of hydrogen-bond donors (Lipinski definition) is 0. The van der Waals surface area contributed by atoms with Gasteiger partial charge in [0, 0.05) is 42.8 Å². The zero-order chi connectivity index (χ0) is 18.8. The first-order chi connectivity index (χ1) is 13.2. The molecule has 0 N–H and O–H groups in total. The van der Waals surface area contributed by atoms with E-state index in [4.69, 9.17) is 0 Å². The number of carbonyl (C=O) groups excluding carboxylic acids is 1. The Labute approximate surface area is 167 Å². The van der Waals surface area contributed by atoms with Crippen molar-refractivity contribution in [1.82, 2.24) is 9.88 Å². The van der Waals surface area contributed by atoms with Crippen LogP contribution in [0.1, 0.15) is 29.9 Å². The maximum atomic E-state index is 13.0. The summed E-state index contributed by atoms with van der Waals surface area (Å²) >= 11 is 3.46. The number of benzene rings is 1. The summed E-state index contributed by atoms with van der Waals surface area (Å²) in [5, 5.41) is 9.31. The van der Waals surface area contributed by atoms with Crippen LogP contribution < -0.4 is 4.90 Å². The number of hydrogen-bond acceptors (Lipinski definition) is 4. The Balaban J connectivity index is 1.39. The summed E-state index contributed by atoms with van der Waals surface area (Å²) in [7, 11) is 0. The molecule has 1 aliphatic carbocycles. The summed E-state index contributed by atoms with van der Waals surface area (Å²) in [6.45, 7) is 2.99. The first kappa shape index (κ1) is 18.0. The Morgan fingerprint density at radius 3 is 2.74 bits per heavy atom. The van der Waals surface area contributed by atoms with Gasteiger partial charge in [0.2, 0.25) is 5.91 Å². The fraction of sp³-hybridized carbons (Fsp3) is 0.381. The average Bonchev–Trinajstić information content (AvgIpc) is 3.52. The molecule has 0 spiro atoms. The molecule has 0 radical (unpaired) electrons. The van der Waals surface area contributed by atoms with E-state index >= 15 is 0 Å². The van der Waals surface area contributed by atoms with Crippen molar-refractivity contribution >= 4 is 27.7 Å². The number of anilines is 1. The lowest BCUT2D eigenvalue weighted by Crippen LogP contribution is -2.36. The van der Waals surface area contributed by atoms with Gasteiger partial charge in [0.1, 0.15) is 11.9 Å². The lowest BCUT2D eigenvalue weighted by Gasteiger charge is -2.23. The maximum Gasteiger partial charge on any atom is 0.226 e. The highest BCUT2D eigenvalue weighted by molar-refractivity contribution is 9.10. The molecule has 2 fully saturated rings. The maximum absolute atomic E-state index is 13.0. The van der Waals surface area contributed by atoms with E-state index in [9.17, 15) is 10.1 Å². The standard InChI is InChI=1S/C21H21BrN4O/c22-17-6-4-15(5-7-17)18-13-19(18)21(27)26-10-2-9-25(11-12-26)20-16(14-23)3-1-8-24-20/h1,3-8,18-19H,2,9-13H2. The minimum absolute atomic E-state index is 0.113. The summed E-state index contributed by atoms with van der Waals surface area (Å²) in [5.41, 5.74) is 1.84. The van der Waals surface area contributed by atoms with Crippen LogP contribution in [0, 0.1) is 17.2 Å². The molecular formula is C21H21BrN4O. The van der Waals surface area contributed by atoms with Crippen molar-refractivity contribution in [1.29, 1.82) is 5.26 Å². The molecular weight excluding hydrogens is 404 g/mol. The van der Waals surface area contributed by atoms with E-state index in [0.717, 1.165) is 36.2 Å². The summed E-state index contributed by atoms with van der Waals surface area (Å²) in [6, 6.07) is 14.1. The molecule has 1 saturated carbocycles. The zero-order valence-electron chi connectivity index (χ0n) is 15.0. The minimum Gasteiger partial charge on any atom is -0.354 e. The highest BCUT2D eigenvalue weighted by Crippen LogP contribution is 2.48. The second-order valence-corrected chi connectivity index (χ2v) is 8.07. The largest absolute Gasteiger partial charge is 0.354 e. The van der Waals surface area contributed by atoms with E-state index in [0.29, 0.717) is 24.6 Å². The molecule has 1 aliphatic heterocycles. The normalized spacial score (nSPS) is 22.1.